The van der Waals surface area contributed by atoms with Gasteiger partial charge in [-0.05, 0) is 19.1 Å². The molecule has 0 atom stereocenters. The zero-order valence-corrected chi connectivity index (χ0v) is 16.9. The van der Waals surface area contributed by atoms with Gasteiger partial charge in [-0.1, -0.05) is 53.7 Å². The summed E-state index contributed by atoms with van der Waals surface area (Å²) in [6.45, 7) is 2.02. The predicted octanol–water partition coefficient (Wildman–Crippen LogP) is 5.04. The lowest BCUT2D eigenvalue weighted by molar-refractivity contribution is -0.113. The summed E-state index contributed by atoms with van der Waals surface area (Å²) in [5.41, 5.74) is 3.20. The lowest BCUT2D eigenvalue weighted by Gasteiger charge is -2.00. The molecule has 4 aromatic rings. The molecule has 0 bridgehead atoms. The van der Waals surface area contributed by atoms with Crippen molar-refractivity contribution in [1.29, 1.82) is 0 Å². The molecule has 1 amide bonds. The highest BCUT2D eigenvalue weighted by Gasteiger charge is 2.15. The second kappa shape index (κ2) is 8.54. The third-order valence-electron chi connectivity index (χ3n) is 3.94. The molecule has 0 aliphatic carbocycles. The summed E-state index contributed by atoms with van der Waals surface area (Å²) >= 11 is 2.43. The van der Waals surface area contributed by atoms with Gasteiger partial charge >= 0.3 is 0 Å². The second-order valence-corrected chi connectivity index (χ2v) is 7.88. The first-order chi connectivity index (χ1) is 14.1. The van der Waals surface area contributed by atoms with Crippen molar-refractivity contribution in [2.75, 3.05) is 11.1 Å². The Hall–Kier alpha value is -3.04. The average Bonchev–Trinajstić information content (AvgIpc) is 3.37. The van der Waals surface area contributed by atoms with Gasteiger partial charge in [0, 0.05) is 10.9 Å². The van der Waals surface area contributed by atoms with Crippen LogP contribution in [0.5, 0.6) is 0 Å². The summed E-state index contributed by atoms with van der Waals surface area (Å²) in [6, 6.07) is 14.2. The maximum atomic E-state index is 13.8. The van der Waals surface area contributed by atoms with Crippen LogP contribution in [-0.4, -0.2) is 26.8 Å². The maximum Gasteiger partial charge on any atom is 0.277 e. The van der Waals surface area contributed by atoms with Crippen molar-refractivity contribution in [3.05, 3.63) is 65.3 Å². The number of aryl methyl sites for hydroxylation is 1. The minimum atomic E-state index is -0.446. The standard InChI is InChI=1S/C20H15FN4O2S2/c1-12-6-8-13(9-7-12)16-10-28-19(22-16)23-17(26)11-29-20-25-24-18(27-20)14-4-2-3-5-15(14)21/h2-10H,11H2,1H3,(H,22,23,26). The first kappa shape index (κ1) is 19.3. The van der Waals surface area contributed by atoms with Crippen LogP contribution < -0.4 is 5.32 Å². The Balaban J connectivity index is 1.34. The third kappa shape index (κ3) is 4.69. The van der Waals surface area contributed by atoms with Gasteiger partial charge in [-0.25, -0.2) is 9.37 Å². The van der Waals surface area contributed by atoms with Crippen molar-refractivity contribution in [3.63, 3.8) is 0 Å². The zero-order valence-electron chi connectivity index (χ0n) is 15.3. The van der Waals surface area contributed by atoms with Gasteiger partial charge in [-0.2, -0.15) is 0 Å². The molecular weight excluding hydrogens is 411 g/mol. The van der Waals surface area contributed by atoms with Crippen LogP contribution in [0.15, 0.2) is 63.6 Å². The number of carbonyl (C=O) groups excluding carboxylic acids is 1. The van der Waals surface area contributed by atoms with E-state index in [-0.39, 0.29) is 28.3 Å². The number of amides is 1. The largest absolute Gasteiger partial charge is 0.411 e. The summed E-state index contributed by atoms with van der Waals surface area (Å²) in [5.74, 6) is -0.545. The van der Waals surface area contributed by atoms with E-state index in [1.54, 1.807) is 18.2 Å². The van der Waals surface area contributed by atoms with Crippen molar-refractivity contribution < 1.29 is 13.6 Å². The number of aromatic nitrogens is 3. The van der Waals surface area contributed by atoms with E-state index < -0.39 is 5.82 Å². The SMILES string of the molecule is Cc1ccc(-c2csc(NC(=O)CSc3nnc(-c4ccccc4F)o3)n2)cc1. The van der Waals surface area contributed by atoms with Gasteiger partial charge in [0.25, 0.3) is 11.1 Å². The normalized spacial score (nSPS) is 10.8. The molecule has 1 N–H and O–H groups in total. The molecule has 0 aliphatic heterocycles. The van der Waals surface area contributed by atoms with Crippen LogP contribution in [0.2, 0.25) is 0 Å². The molecule has 0 unspecified atom stereocenters. The van der Waals surface area contributed by atoms with E-state index in [2.05, 4.69) is 20.5 Å². The summed E-state index contributed by atoms with van der Waals surface area (Å²) in [7, 11) is 0. The Kier molecular flexibility index (Phi) is 5.68. The first-order valence-corrected chi connectivity index (χ1v) is 10.5. The lowest BCUT2D eigenvalue weighted by Crippen LogP contribution is -2.13. The van der Waals surface area contributed by atoms with Gasteiger partial charge in [0.05, 0.1) is 17.0 Å². The number of rotatable bonds is 6. The highest BCUT2D eigenvalue weighted by atomic mass is 32.2. The lowest BCUT2D eigenvalue weighted by atomic mass is 10.1. The third-order valence-corrected chi connectivity index (χ3v) is 5.51. The Bertz CT molecular complexity index is 1140. The molecule has 4 rings (SSSR count). The molecule has 0 radical (unpaired) electrons. The summed E-state index contributed by atoms with van der Waals surface area (Å²) < 4.78 is 19.2. The molecule has 2 heterocycles. The van der Waals surface area contributed by atoms with Gasteiger partial charge in [-0.15, -0.1) is 21.5 Å². The number of nitrogens with one attached hydrogen (secondary N) is 1. The molecule has 0 fully saturated rings. The van der Waals surface area contributed by atoms with Crippen LogP contribution in [0, 0.1) is 12.7 Å². The Labute approximate surface area is 174 Å². The molecule has 0 spiro atoms. The minimum absolute atomic E-state index is 0.0678. The van der Waals surface area contributed by atoms with Crippen LogP contribution in [0.4, 0.5) is 9.52 Å². The van der Waals surface area contributed by atoms with E-state index in [1.165, 1.54) is 23.0 Å². The second-order valence-electron chi connectivity index (χ2n) is 6.09. The quantitative estimate of drug-likeness (QED) is 0.435. The fourth-order valence-electron chi connectivity index (χ4n) is 2.48. The van der Waals surface area contributed by atoms with Crippen molar-refractivity contribution in [3.8, 4) is 22.7 Å². The number of carbonyl (C=O) groups is 1. The summed E-state index contributed by atoms with van der Waals surface area (Å²) in [6.07, 6.45) is 0. The van der Waals surface area contributed by atoms with E-state index in [1.807, 2.05) is 36.6 Å². The van der Waals surface area contributed by atoms with Crippen molar-refractivity contribution in [1.82, 2.24) is 15.2 Å². The molecular formula is C20H15FN4O2S2. The van der Waals surface area contributed by atoms with E-state index >= 15 is 0 Å². The van der Waals surface area contributed by atoms with Crippen molar-refractivity contribution in [2.24, 2.45) is 0 Å². The number of anilines is 1. The number of hydrogen-bond acceptors (Lipinski definition) is 7. The van der Waals surface area contributed by atoms with Gasteiger partial charge < -0.3 is 9.73 Å². The van der Waals surface area contributed by atoms with Gasteiger partial charge in [0.1, 0.15) is 5.82 Å². The van der Waals surface area contributed by atoms with Gasteiger partial charge in [0.15, 0.2) is 5.13 Å². The van der Waals surface area contributed by atoms with Gasteiger partial charge in [-0.3, -0.25) is 4.79 Å². The number of benzene rings is 2. The van der Waals surface area contributed by atoms with E-state index in [0.29, 0.717) is 5.13 Å². The minimum Gasteiger partial charge on any atom is -0.411 e. The molecule has 2 aromatic heterocycles. The van der Waals surface area contributed by atoms with Crippen molar-refractivity contribution >= 4 is 34.1 Å². The predicted molar refractivity (Wildman–Crippen MR) is 111 cm³/mol. The van der Waals surface area contributed by atoms with E-state index in [9.17, 15) is 9.18 Å². The van der Waals surface area contributed by atoms with Crippen molar-refractivity contribution in [2.45, 2.75) is 12.1 Å². The average molecular weight is 426 g/mol. The fraction of sp³-hybridized carbons (Fsp3) is 0.100. The molecule has 2 aromatic carbocycles. The number of thiazole rings is 1. The van der Waals surface area contributed by atoms with Crippen LogP contribution in [0.1, 0.15) is 5.56 Å². The molecule has 29 heavy (non-hydrogen) atoms. The monoisotopic (exact) mass is 426 g/mol. The first-order valence-electron chi connectivity index (χ1n) is 8.62. The zero-order chi connectivity index (χ0) is 20.2. The smallest absolute Gasteiger partial charge is 0.277 e. The number of nitrogens with zero attached hydrogens (tertiary/aromatic N) is 3. The molecule has 0 saturated carbocycles. The van der Waals surface area contributed by atoms with Crippen LogP contribution >= 0.6 is 23.1 Å². The summed E-state index contributed by atoms with van der Waals surface area (Å²) in [4.78, 5) is 16.6. The highest BCUT2D eigenvalue weighted by Crippen LogP contribution is 2.27. The van der Waals surface area contributed by atoms with Gasteiger partial charge in [0.2, 0.25) is 5.91 Å². The van der Waals surface area contributed by atoms with Crippen LogP contribution in [0.25, 0.3) is 22.7 Å². The van der Waals surface area contributed by atoms with Crippen LogP contribution in [0.3, 0.4) is 0 Å². The van der Waals surface area contributed by atoms with E-state index in [0.717, 1.165) is 23.0 Å². The maximum absolute atomic E-state index is 13.8. The Morgan fingerprint density at radius 1 is 1.17 bits per heavy atom. The fourth-order valence-corrected chi connectivity index (χ4v) is 3.78. The Morgan fingerprint density at radius 3 is 2.76 bits per heavy atom. The molecule has 0 aliphatic rings. The van der Waals surface area contributed by atoms with Crippen LogP contribution in [-0.2, 0) is 4.79 Å². The highest BCUT2D eigenvalue weighted by molar-refractivity contribution is 7.99. The summed E-state index contributed by atoms with van der Waals surface area (Å²) in [5, 5.41) is 13.0. The molecule has 0 saturated heterocycles. The Morgan fingerprint density at radius 2 is 1.97 bits per heavy atom. The molecule has 9 heteroatoms. The topological polar surface area (TPSA) is 80.9 Å². The number of hydrogen-bond donors (Lipinski definition) is 1. The molecule has 6 nitrogen and oxygen atoms in total. The number of thioether (sulfide) groups is 1. The molecule has 146 valence electrons. The number of halogens is 1. The van der Waals surface area contributed by atoms with E-state index in [4.69, 9.17) is 4.42 Å².